The maximum Gasteiger partial charge on any atom is 0.224 e. The third-order valence-corrected chi connectivity index (χ3v) is 3.79. The zero-order valence-corrected chi connectivity index (χ0v) is 12.1. The van der Waals surface area contributed by atoms with Crippen molar-refractivity contribution in [3.05, 3.63) is 65.2 Å². The second-order valence-corrected chi connectivity index (χ2v) is 5.52. The summed E-state index contributed by atoms with van der Waals surface area (Å²) in [5.41, 5.74) is 3.42. The van der Waals surface area contributed by atoms with E-state index in [4.69, 9.17) is 4.74 Å². The molecule has 3 nitrogen and oxygen atoms in total. The van der Waals surface area contributed by atoms with E-state index in [0.29, 0.717) is 19.6 Å². The Balaban J connectivity index is 1.55. The summed E-state index contributed by atoms with van der Waals surface area (Å²) in [7, 11) is 0. The summed E-state index contributed by atoms with van der Waals surface area (Å²) in [5.74, 6) is 1.25. The van der Waals surface area contributed by atoms with Gasteiger partial charge in [-0.3, -0.25) is 4.79 Å². The number of carbonyl (C=O) groups excluding carboxylic acids is 1. The first-order chi connectivity index (χ1) is 10.2. The van der Waals surface area contributed by atoms with Gasteiger partial charge in [-0.05, 0) is 18.6 Å². The number of aryl methyl sites for hydroxylation is 1. The van der Waals surface area contributed by atoms with Gasteiger partial charge in [-0.25, -0.2) is 0 Å². The molecule has 1 unspecified atom stereocenters. The molecule has 1 aliphatic heterocycles. The second-order valence-electron chi connectivity index (χ2n) is 5.52. The van der Waals surface area contributed by atoms with Gasteiger partial charge in [0.25, 0.3) is 0 Å². The highest BCUT2D eigenvalue weighted by atomic mass is 16.5. The van der Waals surface area contributed by atoms with E-state index in [2.05, 4.69) is 11.4 Å². The van der Waals surface area contributed by atoms with Gasteiger partial charge in [-0.15, -0.1) is 0 Å². The van der Waals surface area contributed by atoms with Gasteiger partial charge in [0, 0.05) is 18.0 Å². The molecule has 21 heavy (non-hydrogen) atoms. The number of carbonyl (C=O) groups is 1. The van der Waals surface area contributed by atoms with Gasteiger partial charge in [-0.1, -0.05) is 48.0 Å². The van der Waals surface area contributed by atoms with Crippen molar-refractivity contribution >= 4 is 5.91 Å². The molecule has 1 N–H and O–H groups in total. The highest BCUT2D eigenvalue weighted by Gasteiger charge is 2.23. The Labute approximate surface area is 124 Å². The number of amides is 1. The van der Waals surface area contributed by atoms with Crippen LogP contribution >= 0.6 is 0 Å². The average Bonchev–Trinajstić information content (AvgIpc) is 2.88. The van der Waals surface area contributed by atoms with Crippen molar-refractivity contribution in [3.63, 3.8) is 0 Å². The molecule has 0 bridgehead atoms. The van der Waals surface area contributed by atoms with E-state index >= 15 is 0 Å². The van der Waals surface area contributed by atoms with Crippen molar-refractivity contribution in [2.24, 2.45) is 0 Å². The molecule has 0 saturated heterocycles. The van der Waals surface area contributed by atoms with E-state index in [0.717, 1.165) is 11.3 Å². The topological polar surface area (TPSA) is 38.3 Å². The minimum absolute atomic E-state index is 0.0602. The molecule has 2 aromatic carbocycles. The molecule has 0 aromatic heterocycles. The molecule has 2 aromatic rings. The van der Waals surface area contributed by atoms with E-state index in [1.807, 2.05) is 49.4 Å². The predicted octanol–water partition coefficient (Wildman–Crippen LogP) is 2.83. The van der Waals surface area contributed by atoms with Gasteiger partial charge in [-0.2, -0.15) is 0 Å². The van der Waals surface area contributed by atoms with E-state index in [9.17, 15) is 4.79 Å². The van der Waals surface area contributed by atoms with Crippen molar-refractivity contribution in [2.75, 3.05) is 13.2 Å². The minimum Gasteiger partial charge on any atom is -0.493 e. The first kappa shape index (κ1) is 13.7. The molecule has 1 aliphatic rings. The standard InChI is InChI=1S/C18H19NO2/c1-13-5-4-6-14(9-13)10-18(20)19-11-15-12-21-17-8-3-2-7-16(15)17/h2-9,15H,10-12H2,1H3,(H,19,20). The fourth-order valence-corrected chi connectivity index (χ4v) is 2.71. The zero-order valence-electron chi connectivity index (χ0n) is 12.1. The van der Waals surface area contributed by atoms with Gasteiger partial charge in [0.15, 0.2) is 0 Å². The quantitative estimate of drug-likeness (QED) is 0.936. The van der Waals surface area contributed by atoms with E-state index < -0.39 is 0 Å². The molecule has 1 amide bonds. The molecule has 0 fully saturated rings. The Bertz CT molecular complexity index is 651. The van der Waals surface area contributed by atoms with Crippen molar-refractivity contribution < 1.29 is 9.53 Å². The molecule has 0 aliphatic carbocycles. The van der Waals surface area contributed by atoms with E-state index in [1.165, 1.54) is 11.1 Å². The van der Waals surface area contributed by atoms with Crippen molar-refractivity contribution in [2.45, 2.75) is 19.3 Å². The van der Waals surface area contributed by atoms with Crippen LogP contribution in [0.5, 0.6) is 5.75 Å². The zero-order chi connectivity index (χ0) is 14.7. The Kier molecular flexibility index (Phi) is 3.91. The summed E-state index contributed by atoms with van der Waals surface area (Å²) in [6, 6.07) is 16.1. The lowest BCUT2D eigenvalue weighted by Crippen LogP contribution is -2.30. The number of fused-ring (bicyclic) bond motifs is 1. The number of hydrogen-bond donors (Lipinski definition) is 1. The molecule has 0 saturated carbocycles. The van der Waals surface area contributed by atoms with Crippen molar-refractivity contribution in [1.29, 1.82) is 0 Å². The average molecular weight is 281 g/mol. The molecule has 1 heterocycles. The lowest BCUT2D eigenvalue weighted by atomic mass is 10.0. The molecule has 1 atom stereocenters. The second kappa shape index (κ2) is 6.00. The van der Waals surface area contributed by atoms with E-state index in [-0.39, 0.29) is 11.8 Å². The Morgan fingerprint density at radius 3 is 2.95 bits per heavy atom. The van der Waals surface area contributed by atoms with Crippen LogP contribution in [-0.2, 0) is 11.2 Å². The SMILES string of the molecule is Cc1cccc(CC(=O)NCC2COc3ccccc32)c1. The fourth-order valence-electron chi connectivity index (χ4n) is 2.71. The van der Waals surface area contributed by atoms with Gasteiger partial charge in [0.2, 0.25) is 5.91 Å². The normalized spacial score (nSPS) is 16.1. The van der Waals surface area contributed by atoms with Crippen LogP contribution in [0.4, 0.5) is 0 Å². The largest absolute Gasteiger partial charge is 0.493 e. The van der Waals surface area contributed by atoms with Crippen LogP contribution in [0.25, 0.3) is 0 Å². The lowest BCUT2D eigenvalue weighted by molar-refractivity contribution is -0.120. The molecule has 0 radical (unpaired) electrons. The molecule has 3 heteroatoms. The van der Waals surface area contributed by atoms with Gasteiger partial charge < -0.3 is 10.1 Å². The van der Waals surface area contributed by atoms with Crippen molar-refractivity contribution in [3.8, 4) is 5.75 Å². The minimum atomic E-state index is 0.0602. The van der Waals surface area contributed by atoms with Gasteiger partial charge >= 0.3 is 0 Å². The lowest BCUT2D eigenvalue weighted by Gasteiger charge is -2.11. The van der Waals surface area contributed by atoms with Crippen LogP contribution in [-0.4, -0.2) is 19.1 Å². The summed E-state index contributed by atoms with van der Waals surface area (Å²) in [4.78, 5) is 12.0. The highest BCUT2D eigenvalue weighted by molar-refractivity contribution is 5.78. The van der Waals surface area contributed by atoms with Gasteiger partial charge in [0.05, 0.1) is 13.0 Å². The Morgan fingerprint density at radius 1 is 1.24 bits per heavy atom. The summed E-state index contributed by atoms with van der Waals surface area (Å²) >= 11 is 0. The Hall–Kier alpha value is -2.29. The van der Waals surface area contributed by atoms with Gasteiger partial charge in [0.1, 0.15) is 5.75 Å². The van der Waals surface area contributed by atoms with Crippen LogP contribution in [0.3, 0.4) is 0 Å². The van der Waals surface area contributed by atoms with Crippen LogP contribution in [0.2, 0.25) is 0 Å². The number of nitrogens with one attached hydrogen (secondary N) is 1. The monoisotopic (exact) mass is 281 g/mol. The highest BCUT2D eigenvalue weighted by Crippen LogP contribution is 2.32. The summed E-state index contributed by atoms with van der Waals surface area (Å²) in [6.07, 6.45) is 0.427. The molecular weight excluding hydrogens is 262 g/mol. The van der Waals surface area contributed by atoms with Crippen molar-refractivity contribution in [1.82, 2.24) is 5.32 Å². The first-order valence-electron chi connectivity index (χ1n) is 7.26. The summed E-state index contributed by atoms with van der Waals surface area (Å²) in [6.45, 7) is 3.31. The van der Waals surface area contributed by atoms with Crippen LogP contribution in [0.15, 0.2) is 48.5 Å². The maximum absolute atomic E-state index is 12.0. The summed E-state index contributed by atoms with van der Waals surface area (Å²) < 4.78 is 5.63. The third kappa shape index (κ3) is 3.24. The predicted molar refractivity (Wildman–Crippen MR) is 82.6 cm³/mol. The number of hydrogen-bond acceptors (Lipinski definition) is 2. The number of para-hydroxylation sites is 1. The Morgan fingerprint density at radius 2 is 2.10 bits per heavy atom. The van der Waals surface area contributed by atoms with E-state index in [1.54, 1.807) is 0 Å². The number of ether oxygens (including phenoxy) is 1. The maximum atomic E-state index is 12.0. The van der Waals surface area contributed by atoms with Crippen LogP contribution in [0.1, 0.15) is 22.6 Å². The number of benzene rings is 2. The first-order valence-corrected chi connectivity index (χ1v) is 7.26. The third-order valence-electron chi connectivity index (χ3n) is 3.79. The molecular formula is C18H19NO2. The van der Waals surface area contributed by atoms with Crippen LogP contribution < -0.4 is 10.1 Å². The molecule has 3 rings (SSSR count). The fraction of sp³-hybridized carbons (Fsp3) is 0.278. The smallest absolute Gasteiger partial charge is 0.224 e. The molecule has 0 spiro atoms. The summed E-state index contributed by atoms with van der Waals surface area (Å²) in [5, 5.41) is 3.01. The van der Waals surface area contributed by atoms with Crippen LogP contribution in [0, 0.1) is 6.92 Å². The molecule has 108 valence electrons. The number of rotatable bonds is 4.